The molecule has 0 aliphatic heterocycles. The molecule has 0 saturated carbocycles. The van der Waals surface area contributed by atoms with E-state index in [-0.39, 0.29) is 5.91 Å². The molecule has 0 spiro atoms. The predicted molar refractivity (Wildman–Crippen MR) is 99.4 cm³/mol. The van der Waals surface area contributed by atoms with Crippen LogP contribution in [0.3, 0.4) is 0 Å². The summed E-state index contributed by atoms with van der Waals surface area (Å²) in [4.78, 5) is 15.6. The SMILES string of the molecule is COc1ccc(NC(C)=O)cc1NCc1nc(-c2ccc(Cl)cc2)no1. The predicted octanol–water partition coefficient (Wildman–Crippen LogP) is 3.97. The topological polar surface area (TPSA) is 89.3 Å². The molecule has 0 saturated heterocycles. The molecule has 1 heterocycles. The van der Waals surface area contributed by atoms with Crippen molar-refractivity contribution in [2.75, 3.05) is 17.7 Å². The molecule has 2 aromatic carbocycles. The van der Waals surface area contributed by atoms with Crippen molar-refractivity contribution in [3.63, 3.8) is 0 Å². The number of ether oxygens (including phenoxy) is 1. The number of halogens is 1. The summed E-state index contributed by atoms with van der Waals surface area (Å²) in [6.45, 7) is 1.76. The van der Waals surface area contributed by atoms with Gasteiger partial charge in [0, 0.05) is 23.2 Å². The fourth-order valence-corrected chi connectivity index (χ4v) is 2.47. The maximum Gasteiger partial charge on any atom is 0.246 e. The van der Waals surface area contributed by atoms with Crippen LogP contribution in [0.25, 0.3) is 11.4 Å². The number of amides is 1. The Labute approximate surface area is 155 Å². The number of nitrogens with one attached hydrogen (secondary N) is 2. The van der Waals surface area contributed by atoms with E-state index in [0.717, 1.165) is 5.56 Å². The van der Waals surface area contributed by atoms with Crippen LogP contribution in [-0.2, 0) is 11.3 Å². The third kappa shape index (κ3) is 4.31. The molecule has 2 N–H and O–H groups in total. The fraction of sp³-hybridized carbons (Fsp3) is 0.167. The standard InChI is InChI=1S/C18H17ClN4O3/c1-11(24)21-14-7-8-16(25-2)15(9-14)20-10-17-22-18(23-26-17)12-3-5-13(19)6-4-12/h3-9,20H,10H2,1-2H3,(H,21,24). The van der Waals surface area contributed by atoms with Gasteiger partial charge in [-0.1, -0.05) is 16.8 Å². The first kappa shape index (κ1) is 17.8. The first-order valence-electron chi connectivity index (χ1n) is 7.83. The molecule has 0 aliphatic rings. The van der Waals surface area contributed by atoms with E-state index >= 15 is 0 Å². The molecule has 0 aliphatic carbocycles. The van der Waals surface area contributed by atoms with Crippen LogP contribution in [0.1, 0.15) is 12.8 Å². The number of hydrogen-bond acceptors (Lipinski definition) is 6. The molecule has 3 aromatic rings. The van der Waals surface area contributed by atoms with Crippen molar-refractivity contribution in [3.05, 3.63) is 53.4 Å². The van der Waals surface area contributed by atoms with Crippen LogP contribution in [0.2, 0.25) is 5.02 Å². The highest BCUT2D eigenvalue weighted by Crippen LogP contribution is 2.28. The van der Waals surface area contributed by atoms with E-state index in [9.17, 15) is 4.79 Å². The Morgan fingerprint density at radius 3 is 2.69 bits per heavy atom. The number of nitrogens with zero attached hydrogens (tertiary/aromatic N) is 2. The highest BCUT2D eigenvalue weighted by molar-refractivity contribution is 6.30. The molecule has 8 heteroatoms. The molecule has 1 amide bonds. The molecule has 0 bridgehead atoms. The van der Waals surface area contributed by atoms with Crippen LogP contribution >= 0.6 is 11.6 Å². The fourth-order valence-electron chi connectivity index (χ4n) is 2.34. The van der Waals surface area contributed by atoms with Gasteiger partial charge >= 0.3 is 0 Å². The summed E-state index contributed by atoms with van der Waals surface area (Å²) >= 11 is 5.88. The number of methoxy groups -OCH3 is 1. The molecule has 7 nitrogen and oxygen atoms in total. The van der Waals surface area contributed by atoms with Crippen molar-refractivity contribution in [2.24, 2.45) is 0 Å². The van der Waals surface area contributed by atoms with Crippen LogP contribution < -0.4 is 15.4 Å². The van der Waals surface area contributed by atoms with E-state index < -0.39 is 0 Å². The summed E-state index contributed by atoms with van der Waals surface area (Å²) in [5, 5.41) is 10.5. The van der Waals surface area contributed by atoms with Crippen LogP contribution in [0, 0.1) is 0 Å². The van der Waals surface area contributed by atoms with E-state index in [1.807, 2.05) is 12.1 Å². The van der Waals surface area contributed by atoms with Crippen LogP contribution in [0.15, 0.2) is 47.0 Å². The third-order valence-electron chi connectivity index (χ3n) is 3.52. The Bertz CT molecular complexity index is 909. The zero-order valence-corrected chi connectivity index (χ0v) is 15.0. The van der Waals surface area contributed by atoms with Crippen LogP contribution in [0.4, 0.5) is 11.4 Å². The van der Waals surface area contributed by atoms with Gasteiger partial charge in [-0.2, -0.15) is 4.98 Å². The minimum Gasteiger partial charge on any atom is -0.495 e. The molecule has 0 atom stereocenters. The van der Waals surface area contributed by atoms with Gasteiger partial charge in [0.1, 0.15) is 5.75 Å². The van der Waals surface area contributed by atoms with Gasteiger partial charge in [-0.05, 0) is 42.5 Å². The van der Waals surface area contributed by atoms with Crippen molar-refractivity contribution in [3.8, 4) is 17.1 Å². The van der Waals surface area contributed by atoms with Gasteiger partial charge in [-0.3, -0.25) is 4.79 Å². The lowest BCUT2D eigenvalue weighted by molar-refractivity contribution is -0.114. The third-order valence-corrected chi connectivity index (χ3v) is 3.77. The van der Waals surface area contributed by atoms with Gasteiger partial charge in [-0.15, -0.1) is 0 Å². The number of anilines is 2. The molecule has 26 heavy (non-hydrogen) atoms. The number of benzene rings is 2. The Kier molecular flexibility index (Phi) is 5.38. The van der Waals surface area contributed by atoms with Gasteiger partial charge in [0.2, 0.25) is 17.6 Å². The zero-order chi connectivity index (χ0) is 18.5. The van der Waals surface area contributed by atoms with Crippen LogP contribution in [-0.4, -0.2) is 23.2 Å². The first-order valence-corrected chi connectivity index (χ1v) is 8.21. The van der Waals surface area contributed by atoms with Gasteiger partial charge < -0.3 is 19.9 Å². The average molecular weight is 373 g/mol. The monoisotopic (exact) mass is 372 g/mol. The summed E-state index contributed by atoms with van der Waals surface area (Å²) in [5.74, 6) is 1.39. The maximum absolute atomic E-state index is 11.2. The minimum atomic E-state index is -0.148. The number of rotatable bonds is 6. The van der Waals surface area contributed by atoms with Crippen molar-refractivity contribution < 1.29 is 14.1 Å². The summed E-state index contributed by atoms with van der Waals surface area (Å²) in [7, 11) is 1.57. The lowest BCUT2D eigenvalue weighted by Gasteiger charge is -2.12. The average Bonchev–Trinajstić information content (AvgIpc) is 3.09. The lowest BCUT2D eigenvalue weighted by atomic mass is 10.2. The smallest absolute Gasteiger partial charge is 0.246 e. The van der Waals surface area contributed by atoms with E-state index in [0.29, 0.717) is 40.4 Å². The molecule has 3 rings (SSSR count). The minimum absolute atomic E-state index is 0.148. The van der Waals surface area contributed by atoms with E-state index in [4.69, 9.17) is 20.9 Å². The number of carbonyl (C=O) groups is 1. The van der Waals surface area contributed by atoms with Gasteiger partial charge in [-0.25, -0.2) is 0 Å². The summed E-state index contributed by atoms with van der Waals surface area (Å²) in [6.07, 6.45) is 0. The molecule has 1 aromatic heterocycles. The molecular weight excluding hydrogens is 356 g/mol. The van der Waals surface area contributed by atoms with Gasteiger partial charge in [0.15, 0.2) is 0 Å². The lowest BCUT2D eigenvalue weighted by Crippen LogP contribution is -2.07. The first-order chi connectivity index (χ1) is 12.5. The van der Waals surface area contributed by atoms with Crippen molar-refractivity contribution in [1.82, 2.24) is 10.1 Å². The Morgan fingerprint density at radius 1 is 1.23 bits per heavy atom. The van der Waals surface area contributed by atoms with E-state index in [2.05, 4.69) is 20.8 Å². The summed E-state index contributed by atoms with van der Waals surface area (Å²) in [5.41, 5.74) is 2.17. The largest absolute Gasteiger partial charge is 0.495 e. The van der Waals surface area contributed by atoms with Crippen molar-refractivity contribution in [1.29, 1.82) is 0 Å². The van der Waals surface area contributed by atoms with E-state index in [1.165, 1.54) is 6.92 Å². The number of hydrogen-bond donors (Lipinski definition) is 2. The number of carbonyl (C=O) groups excluding carboxylic acids is 1. The molecule has 134 valence electrons. The Hall–Kier alpha value is -3.06. The van der Waals surface area contributed by atoms with Gasteiger partial charge in [0.05, 0.1) is 19.3 Å². The van der Waals surface area contributed by atoms with Crippen LogP contribution in [0.5, 0.6) is 5.75 Å². The second-order valence-corrected chi connectivity index (χ2v) is 5.90. The second-order valence-electron chi connectivity index (χ2n) is 5.47. The van der Waals surface area contributed by atoms with Gasteiger partial charge in [0.25, 0.3) is 0 Å². The van der Waals surface area contributed by atoms with Crippen molar-refractivity contribution >= 4 is 28.9 Å². The maximum atomic E-state index is 11.2. The number of aromatic nitrogens is 2. The quantitative estimate of drug-likeness (QED) is 0.680. The highest BCUT2D eigenvalue weighted by atomic mass is 35.5. The van der Waals surface area contributed by atoms with E-state index in [1.54, 1.807) is 37.4 Å². The molecular formula is C18H17ClN4O3. The molecule has 0 fully saturated rings. The van der Waals surface area contributed by atoms with Crippen molar-refractivity contribution in [2.45, 2.75) is 13.5 Å². The Balaban J connectivity index is 1.72. The summed E-state index contributed by atoms with van der Waals surface area (Å²) in [6, 6.07) is 12.5. The summed E-state index contributed by atoms with van der Waals surface area (Å²) < 4.78 is 10.6. The Morgan fingerprint density at radius 2 is 2.00 bits per heavy atom. The zero-order valence-electron chi connectivity index (χ0n) is 14.2. The normalized spacial score (nSPS) is 10.4. The second kappa shape index (κ2) is 7.88. The molecule has 0 unspecified atom stereocenters. The molecule has 0 radical (unpaired) electrons. The highest BCUT2D eigenvalue weighted by Gasteiger charge is 2.10.